The molecule has 0 spiro atoms. The Morgan fingerprint density at radius 3 is 2.47 bits per heavy atom. The molecule has 3 nitrogen and oxygen atoms in total. The molecule has 1 rings (SSSR count). The number of rotatable bonds is 2. The number of hydrogen-bond acceptors (Lipinski definition) is 3. The molecular formula is C8H4Br2ClNO2S. The monoisotopic (exact) mass is 371 g/mol. The Morgan fingerprint density at radius 1 is 1.47 bits per heavy atom. The van der Waals surface area contributed by atoms with Gasteiger partial charge < -0.3 is 0 Å². The Labute approximate surface area is 109 Å². The van der Waals surface area contributed by atoms with Crippen LogP contribution in [0.15, 0.2) is 21.5 Å². The van der Waals surface area contributed by atoms with Crippen molar-refractivity contribution >= 4 is 51.6 Å². The lowest BCUT2D eigenvalue weighted by atomic mass is 10.1. The number of alkyl halides is 1. The number of nitrogens with zero attached hydrogens (tertiary/aromatic N) is 1. The number of halogens is 3. The Bertz CT molecular complexity index is 536. The molecule has 1 aromatic rings. The predicted octanol–water partition coefficient (Wildman–Crippen LogP) is 3.14. The third-order valence-corrected chi connectivity index (χ3v) is 4.57. The summed E-state index contributed by atoms with van der Waals surface area (Å²) in [5, 5.41) is 9.19. The predicted molar refractivity (Wildman–Crippen MR) is 64.5 cm³/mol. The minimum absolute atomic E-state index is 0.0300. The van der Waals surface area contributed by atoms with Crippen molar-refractivity contribution in [3.63, 3.8) is 0 Å². The number of nitriles is 1. The van der Waals surface area contributed by atoms with Crippen LogP contribution in [0.5, 0.6) is 0 Å². The summed E-state index contributed by atoms with van der Waals surface area (Å²) in [5.41, 5.74) is 0.989. The van der Waals surface area contributed by atoms with Crippen LogP contribution in [0.1, 0.15) is 11.1 Å². The highest BCUT2D eigenvalue weighted by Gasteiger charge is 2.17. The molecule has 0 aliphatic carbocycles. The van der Waals surface area contributed by atoms with Crippen molar-refractivity contribution in [3.05, 3.63) is 27.7 Å². The Balaban J connectivity index is 3.55. The van der Waals surface area contributed by atoms with Gasteiger partial charge in [0.25, 0.3) is 9.05 Å². The standard InChI is InChI=1S/C8H4Br2ClNO2S/c9-3-5-2-8(15(11,13)14)7(10)1-6(5)4-12/h1-2H,3H2. The molecule has 0 unspecified atom stereocenters. The molecule has 0 radical (unpaired) electrons. The van der Waals surface area contributed by atoms with Gasteiger partial charge in [0.05, 0.1) is 16.5 Å². The maximum atomic E-state index is 11.2. The SMILES string of the molecule is N#Cc1cc(Br)c(S(=O)(=O)Cl)cc1CBr. The van der Waals surface area contributed by atoms with E-state index in [1.807, 2.05) is 6.07 Å². The molecule has 0 saturated carbocycles. The van der Waals surface area contributed by atoms with Crippen LogP contribution in [0.4, 0.5) is 0 Å². The summed E-state index contributed by atoms with van der Waals surface area (Å²) < 4.78 is 22.6. The van der Waals surface area contributed by atoms with Crippen LogP contribution < -0.4 is 0 Å². The van der Waals surface area contributed by atoms with E-state index in [1.165, 1.54) is 12.1 Å². The van der Waals surface area contributed by atoms with Gasteiger partial charge in [0.2, 0.25) is 0 Å². The Morgan fingerprint density at radius 2 is 2.07 bits per heavy atom. The van der Waals surface area contributed by atoms with Crippen molar-refractivity contribution < 1.29 is 8.42 Å². The minimum Gasteiger partial charge on any atom is -0.207 e. The summed E-state index contributed by atoms with van der Waals surface area (Å²) in [6.07, 6.45) is 0. The van der Waals surface area contributed by atoms with E-state index in [1.54, 1.807) is 0 Å². The summed E-state index contributed by atoms with van der Waals surface area (Å²) in [4.78, 5) is -0.0300. The van der Waals surface area contributed by atoms with Gasteiger partial charge in [0.15, 0.2) is 0 Å². The molecule has 15 heavy (non-hydrogen) atoms. The summed E-state index contributed by atoms with van der Waals surface area (Å²) >= 11 is 6.23. The molecule has 0 aromatic heterocycles. The van der Waals surface area contributed by atoms with Gasteiger partial charge in [-0.3, -0.25) is 0 Å². The summed E-state index contributed by atoms with van der Waals surface area (Å²) in [6.45, 7) is 0. The van der Waals surface area contributed by atoms with Gasteiger partial charge in [-0.15, -0.1) is 0 Å². The van der Waals surface area contributed by atoms with Crippen molar-refractivity contribution in [2.45, 2.75) is 10.2 Å². The second-order valence-electron chi connectivity index (χ2n) is 2.62. The minimum atomic E-state index is -3.80. The van der Waals surface area contributed by atoms with Crippen LogP contribution in [0, 0.1) is 11.3 Å². The average Bonchev–Trinajstić information content (AvgIpc) is 2.15. The lowest BCUT2D eigenvalue weighted by Gasteiger charge is -2.05. The Kier molecular flexibility index (Phi) is 4.18. The highest BCUT2D eigenvalue weighted by Crippen LogP contribution is 2.29. The molecule has 0 N–H and O–H groups in total. The summed E-state index contributed by atoms with van der Waals surface area (Å²) in [5.74, 6) is 0. The lowest BCUT2D eigenvalue weighted by molar-refractivity contribution is 0.609. The first-order chi connectivity index (χ1) is 6.90. The first kappa shape index (κ1) is 13.0. The van der Waals surface area contributed by atoms with E-state index >= 15 is 0 Å². The molecule has 80 valence electrons. The van der Waals surface area contributed by atoms with E-state index in [-0.39, 0.29) is 4.90 Å². The molecule has 0 amide bonds. The highest BCUT2D eigenvalue weighted by molar-refractivity contribution is 9.10. The topological polar surface area (TPSA) is 57.9 Å². The van der Waals surface area contributed by atoms with E-state index in [9.17, 15) is 8.42 Å². The molecule has 7 heteroatoms. The zero-order valence-electron chi connectivity index (χ0n) is 7.17. The molecule has 0 aliphatic rings. The molecule has 0 saturated heterocycles. The van der Waals surface area contributed by atoms with Crippen molar-refractivity contribution in [3.8, 4) is 6.07 Å². The van der Waals surface area contributed by atoms with Gasteiger partial charge in [-0.25, -0.2) is 8.42 Å². The van der Waals surface area contributed by atoms with Crippen molar-refractivity contribution in [1.29, 1.82) is 5.26 Å². The molecule has 0 aliphatic heterocycles. The van der Waals surface area contributed by atoms with Gasteiger partial charge in [0.1, 0.15) is 0 Å². The van der Waals surface area contributed by atoms with Crippen LogP contribution >= 0.6 is 42.5 Å². The average molecular weight is 373 g/mol. The summed E-state index contributed by atoms with van der Waals surface area (Å²) in [7, 11) is 1.44. The van der Waals surface area contributed by atoms with Crippen LogP contribution in [-0.2, 0) is 14.4 Å². The second kappa shape index (κ2) is 4.83. The fraction of sp³-hybridized carbons (Fsp3) is 0.125. The number of benzene rings is 1. The fourth-order valence-electron chi connectivity index (χ4n) is 0.997. The molecule has 0 fully saturated rings. The van der Waals surface area contributed by atoms with E-state index in [0.717, 1.165) is 0 Å². The van der Waals surface area contributed by atoms with Crippen LogP contribution in [0.3, 0.4) is 0 Å². The third-order valence-electron chi connectivity index (χ3n) is 1.68. The smallest absolute Gasteiger partial charge is 0.207 e. The van der Waals surface area contributed by atoms with Gasteiger partial charge in [-0.05, 0) is 33.6 Å². The van der Waals surface area contributed by atoms with E-state index in [0.29, 0.717) is 20.9 Å². The fourth-order valence-corrected chi connectivity index (χ4v) is 3.68. The largest absolute Gasteiger partial charge is 0.262 e. The zero-order valence-corrected chi connectivity index (χ0v) is 11.9. The second-order valence-corrected chi connectivity index (χ2v) is 6.57. The van der Waals surface area contributed by atoms with E-state index in [4.69, 9.17) is 15.9 Å². The normalized spacial score (nSPS) is 11.1. The zero-order chi connectivity index (χ0) is 11.6. The van der Waals surface area contributed by atoms with Gasteiger partial charge in [0, 0.05) is 20.5 Å². The van der Waals surface area contributed by atoms with E-state index in [2.05, 4.69) is 31.9 Å². The highest BCUT2D eigenvalue weighted by atomic mass is 79.9. The maximum absolute atomic E-state index is 11.2. The van der Waals surface area contributed by atoms with E-state index < -0.39 is 9.05 Å². The quantitative estimate of drug-likeness (QED) is 0.591. The van der Waals surface area contributed by atoms with Crippen LogP contribution in [0.2, 0.25) is 0 Å². The molecule has 0 atom stereocenters. The third kappa shape index (κ3) is 2.94. The molecular weight excluding hydrogens is 369 g/mol. The van der Waals surface area contributed by atoms with Gasteiger partial charge >= 0.3 is 0 Å². The first-order valence-corrected chi connectivity index (χ1v) is 7.85. The molecule has 0 bridgehead atoms. The van der Waals surface area contributed by atoms with Crippen molar-refractivity contribution in [1.82, 2.24) is 0 Å². The van der Waals surface area contributed by atoms with Crippen molar-refractivity contribution in [2.75, 3.05) is 0 Å². The summed E-state index contributed by atoms with van der Waals surface area (Å²) in [6, 6.07) is 4.78. The lowest BCUT2D eigenvalue weighted by Crippen LogP contribution is -1.96. The van der Waals surface area contributed by atoms with Crippen LogP contribution in [0.25, 0.3) is 0 Å². The van der Waals surface area contributed by atoms with Gasteiger partial charge in [-0.2, -0.15) is 5.26 Å². The molecule has 1 aromatic carbocycles. The number of hydrogen-bond donors (Lipinski definition) is 0. The molecule has 0 heterocycles. The van der Waals surface area contributed by atoms with Crippen molar-refractivity contribution in [2.24, 2.45) is 0 Å². The maximum Gasteiger partial charge on any atom is 0.262 e. The first-order valence-electron chi connectivity index (χ1n) is 3.63. The Hall–Kier alpha value is -0.0900. The van der Waals surface area contributed by atoms with Crippen LogP contribution in [-0.4, -0.2) is 8.42 Å². The van der Waals surface area contributed by atoms with Gasteiger partial charge in [-0.1, -0.05) is 15.9 Å².